The van der Waals surface area contributed by atoms with E-state index in [9.17, 15) is 20.0 Å². The van der Waals surface area contributed by atoms with Gasteiger partial charge >= 0.3 is 5.97 Å². The molecule has 0 amide bonds. The van der Waals surface area contributed by atoms with E-state index in [4.69, 9.17) is 0 Å². The highest BCUT2D eigenvalue weighted by Crippen LogP contribution is 2.24. The quantitative estimate of drug-likeness (QED) is 0.546. The lowest BCUT2D eigenvalue weighted by molar-refractivity contribution is -0.384. The number of hydrogen-bond donors (Lipinski definition) is 2. The monoisotopic (exact) mass is 322 g/mol. The molecule has 24 heavy (non-hydrogen) atoms. The van der Waals surface area contributed by atoms with Gasteiger partial charge in [0.15, 0.2) is 0 Å². The average Bonchev–Trinajstić information content (AvgIpc) is 2.59. The van der Waals surface area contributed by atoms with Gasteiger partial charge in [-0.1, -0.05) is 42.5 Å². The number of carboxylic acids is 1. The summed E-state index contributed by atoms with van der Waals surface area (Å²) < 4.78 is 0. The molecule has 0 aliphatic carbocycles. The van der Waals surface area contributed by atoms with Crippen molar-refractivity contribution in [2.45, 2.75) is 6.54 Å². The van der Waals surface area contributed by atoms with E-state index in [2.05, 4.69) is 5.32 Å². The second-order valence-electron chi connectivity index (χ2n) is 5.28. The highest BCUT2D eigenvalue weighted by atomic mass is 16.6. The van der Waals surface area contributed by atoms with E-state index < -0.39 is 10.9 Å². The fourth-order valence-corrected chi connectivity index (χ4v) is 2.61. The normalized spacial score (nSPS) is 10.5. The minimum atomic E-state index is -1.21. The van der Waals surface area contributed by atoms with Crippen LogP contribution >= 0.6 is 0 Å². The van der Waals surface area contributed by atoms with Crippen molar-refractivity contribution in [3.63, 3.8) is 0 Å². The maximum atomic E-state index is 11.4. The Morgan fingerprint density at radius 1 is 1.08 bits per heavy atom. The molecule has 6 heteroatoms. The molecule has 0 atom stereocenters. The van der Waals surface area contributed by atoms with Crippen LogP contribution in [0.1, 0.15) is 15.9 Å². The minimum Gasteiger partial charge on any atom is -0.478 e. The van der Waals surface area contributed by atoms with Gasteiger partial charge in [-0.25, -0.2) is 4.79 Å². The zero-order valence-electron chi connectivity index (χ0n) is 12.6. The smallest absolute Gasteiger partial charge is 0.338 e. The maximum absolute atomic E-state index is 11.4. The van der Waals surface area contributed by atoms with Crippen LogP contribution in [-0.4, -0.2) is 16.0 Å². The fourth-order valence-electron chi connectivity index (χ4n) is 2.61. The molecular formula is C18H14N2O4. The van der Waals surface area contributed by atoms with Crippen LogP contribution in [0.4, 0.5) is 11.4 Å². The molecule has 0 aliphatic heterocycles. The Hall–Kier alpha value is -3.41. The van der Waals surface area contributed by atoms with E-state index in [1.165, 1.54) is 12.1 Å². The largest absolute Gasteiger partial charge is 0.478 e. The van der Waals surface area contributed by atoms with Gasteiger partial charge in [-0.3, -0.25) is 10.1 Å². The lowest BCUT2D eigenvalue weighted by atomic mass is 10.0. The van der Waals surface area contributed by atoms with Crippen LogP contribution in [0.15, 0.2) is 60.7 Å². The Morgan fingerprint density at radius 2 is 1.83 bits per heavy atom. The summed E-state index contributed by atoms with van der Waals surface area (Å²) in [5.74, 6) is -1.21. The van der Waals surface area contributed by atoms with Crippen molar-refractivity contribution < 1.29 is 14.8 Å². The summed E-state index contributed by atoms with van der Waals surface area (Å²) in [5.41, 5.74) is 0.997. The number of carbonyl (C=O) groups is 1. The van der Waals surface area contributed by atoms with Crippen molar-refractivity contribution in [1.82, 2.24) is 0 Å². The first-order valence-electron chi connectivity index (χ1n) is 7.28. The molecule has 3 aromatic rings. The van der Waals surface area contributed by atoms with Gasteiger partial charge in [-0.05, 0) is 22.4 Å². The zero-order chi connectivity index (χ0) is 17.1. The van der Waals surface area contributed by atoms with Crippen LogP contribution in [0, 0.1) is 10.1 Å². The van der Waals surface area contributed by atoms with Crippen LogP contribution in [0.5, 0.6) is 0 Å². The number of anilines is 1. The number of nitro groups is 1. The van der Waals surface area contributed by atoms with Crippen molar-refractivity contribution in [2.24, 2.45) is 0 Å². The molecule has 2 N–H and O–H groups in total. The van der Waals surface area contributed by atoms with Crippen LogP contribution in [-0.2, 0) is 6.54 Å². The van der Waals surface area contributed by atoms with Crippen LogP contribution in [0.25, 0.3) is 10.8 Å². The highest BCUT2D eigenvalue weighted by molar-refractivity contribution is 5.95. The van der Waals surface area contributed by atoms with Crippen molar-refractivity contribution in [3.05, 3.63) is 81.9 Å². The summed E-state index contributed by atoms with van der Waals surface area (Å²) in [4.78, 5) is 21.6. The number of fused-ring (bicyclic) bond motifs is 1. The van der Waals surface area contributed by atoms with Crippen molar-refractivity contribution in [3.8, 4) is 0 Å². The van der Waals surface area contributed by atoms with Crippen LogP contribution in [0.2, 0.25) is 0 Å². The lowest BCUT2D eigenvalue weighted by Crippen LogP contribution is -2.07. The van der Waals surface area contributed by atoms with Gasteiger partial charge in [0.1, 0.15) is 0 Å². The number of benzene rings is 3. The van der Waals surface area contributed by atoms with Crippen LogP contribution < -0.4 is 5.32 Å². The summed E-state index contributed by atoms with van der Waals surface area (Å²) in [6, 6.07) is 17.6. The second kappa shape index (κ2) is 6.37. The van der Waals surface area contributed by atoms with Gasteiger partial charge in [0.2, 0.25) is 0 Å². The molecule has 0 bridgehead atoms. The molecule has 0 aliphatic rings. The molecular weight excluding hydrogens is 308 g/mol. The molecule has 0 saturated heterocycles. The van der Waals surface area contributed by atoms with E-state index in [1.54, 1.807) is 0 Å². The van der Waals surface area contributed by atoms with E-state index in [-0.39, 0.29) is 11.3 Å². The van der Waals surface area contributed by atoms with Crippen molar-refractivity contribution >= 4 is 28.1 Å². The Labute approximate surface area is 137 Å². The number of nitrogens with one attached hydrogen (secondary N) is 1. The summed E-state index contributed by atoms with van der Waals surface area (Å²) in [6.45, 7) is 0.416. The Morgan fingerprint density at radius 3 is 2.58 bits per heavy atom. The molecule has 6 nitrogen and oxygen atoms in total. The molecule has 0 saturated carbocycles. The van der Waals surface area contributed by atoms with E-state index in [1.807, 2.05) is 42.5 Å². The zero-order valence-corrected chi connectivity index (χ0v) is 12.6. The molecule has 120 valence electrons. The highest BCUT2D eigenvalue weighted by Gasteiger charge is 2.16. The molecule has 3 rings (SSSR count). The molecule has 0 aromatic heterocycles. The Bertz CT molecular complexity index is 932. The van der Waals surface area contributed by atoms with Gasteiger partial charge in [-0.15, -0.1) is 0 Å². The molecule has 0 fully saturated rings. The van der Waals surface area contributed by atoms with Gasteiger partial charge in [0.25, 0.3) is 5.69 Å². The number of nitrogens with zero attached hydrogens (tertiary/aromatic N) is 1. The Balaban J connectivity index is 1.91. The van der Waals surface area contributed by atoms with Gasteiger partial charge in [0, 0.05) is 24.4 Å². The summed E-state index contributed by atoms with van der Waals surface area (Å²) in [7, 11) is 0. The Kier molecular flexibility index (Phi) is 4.11. The first-order valence-corrected chi connectivity index (χ1v) is 7.28. The first-order chi connectivity index (χ1) is 11.6. The number of non-ortho nitro benzene ring substituents is 1. The molecule has 0 spiro atoms. The van der Waals surface area contributed by atoms with E-state index in [0.717, 1.165) is 22.4 Å². The van der Waals surface area contributed by atoms with Gasteiger partial charge in [-0.2, -0.15) is 0 Å². The SMILES string of the molecule is O=C(O)c1cc([N+](=O)[O-])ccc1NCc1cccc2ccccc12. The predicted octanol–water partition coefficient (Wildman–Crippen LogP) is 4.06. The predicted molar refractivity (Wildman–Crippen MR) is 91.3 cm³/mol. The first kappa shape index (κ1) is 15.5. The van der Waals surface area contributed by atoms with Gasteiger partial charge in [0.05, 0.1) is 10.5 Å². The average molecular weight is 322 g/mol. The minimum absolute atomic E-state index is 0.121. The van der Waals surface area contributed by atoms with Crippen molar-refractivity contribution in [1.29, 1.82) is 0 Å². The summed E-state index contributed by atoms with van der Waals surface area (Å²) in [6.07, 6.45) is 0. The number of hydrogen-bond acceptors (Lipinski definition) is 4. The molecule has 0 unspecified atom stereocenters. The number of carboxylic acid groups (broad SMARTS) is 1. The number of rotatable bonds is 5. The number of aromatic carboxylic acids is 1. The van der Waals surface area contributed by atoms with Gasteiger partial charge < -0.3 is 10.4 Å². The summed E-state index contributed by atoms with van der Waals surface area (Å²) >= 11 is 0. The third kappa shape index (κ3) is 3.03. The lowest BCUT2D eigenvalue weighted by Gasteiger charge is -2.11. The standard InChI is InChI=1S/C18H14N2O4/c21-18(22)16-10-14(20(23)24)8-9-17(16)19-11-13-6-3-5-12-4-1-2-7-15(12)13/h1-10,19H,11H2,(H,21,22). The fraction of sp³-hybridized carbons (Fsp3) is 0.0556. The number of nitro benzene ring substituents is 1. The molecule has 3 aromatic carbocycles. The third-order valence-corrected chi connectivity index (χ3v) is 3.79. The maximum Gasteiger partial charge on any atom is 0.338 e. The van der Waals surface area contributed by atoms with E-state index in [0.29, 0.717) is 12.2 Å². The van der Waals surface area contributed by atoms with Crippen LogP contribution in [0.3, 0.4) is 0 Å². The third-order valence-electron chi connectivity index (χ3n) is 3.79. The molecule has 0 radical (unpaired) electrons. The molecule has 0 heterocycles. The van der Waals surface area contributed by atoms with E-state index >= 15 is 0 Å². The topological polar surface area (TPSA) is 92.5 Å². The summed E-state index contributed by atoms with van der Waals surface area (Å²) in [5, 5.41) is 25.3. The second-order valence-corrected chi connectivity index (χ2v) is 5.28. The van der Waals surface area contributed by atoms with Crippen molar-refractivity contribution in [2.75, 3.05) is 5.32 Å².